The van der Waals surface area contributed by atoms with E-state index in [-0.39, 0.29) is 12.4 Å². The van der Waals surface area contributed by atoms with Crippen molar-refractivity contribution in [2.24, 2.45) is 5.92 Å². The summed E-state index contributed by atoms with van der Waals surface area (Å²) in [6.07, 6.45) is 3.71. The van der Waals surface area contributed by atoms with Crippen LogP contribution in [-0.2, 0) is 9.47 Å². The van der Waals surface area contributed by atoms with Crippen molar-refractivity contribution in [3.63, 3.8) is 0 Å². The monoisotopic (exact) mass is 328 g/mol. The molecule has 1 unspecified atom stereocenters. The van der Waals surface area contributed by atoms with Crippen molar-refractivity contribution in [3.8, 4) is 0 Å². The van der Waals surface area contributed by atoms with Crippen LogP contribution in [0.15, 0.2) is 0 Å². The molecule has 2 nitrogen and oxygen atoms in total. The maximum Gasteiger partial charge on any atom is 0.158 e. The van der Waals surface area contributed by atoms with Crippen molar-refractivity contribution >= 4 is 31.9 Å². The van der Waals surface area contributed by atoms with Gasteiger partial charge in [-0.3, -0.25) is 0 Å². The minimum Gasteiger partial charge on any atom is -0.353 e. The zero-order valence-corrected chi connectivity index (χ0v) is 11.7. The molecular formula is C10H18Br2O2. The standard InChI is InChI=1S/C10H18Br2O2/c1-8(6-11)9(7-12)14-10-4-2-3-5-13-10/h8-10H,2-7H2,1H3/t8-,9+,10?/m1/s1. The number of alkyl halides is 2. The van der Waals surface area contributed by atoms with Crippen LogP contribution in [0.3, 0.4) is 0 Å². The van der Waals surface area contributed by atoms with Gasteiger partial charge >= 0.3 is 0 Å². The molecule has 3 atom stereocenters. The zero-order valence-electron chi connectivity index (χ0n) is 8.55. The molecule has 84 valence electrons. The van der Waals surface area contributed by atoms with Crippen molar-refractivity contribution in [1.82, 2.24) is 0 Å². The Morgan fingerprint density at radius 2 is 2.14 bits per heavy atom. The van der Waals surface area contributed by atoms with Gasteiger partial charge in [0, 0.05) is 17.3 Å². The molecule has 0 bridgehead atoms. The second kappa shape index (κ2) is 7.20. The largest absolute Gasteiger partial charge is 0.353 e. The number of hydrogen-bond donors (Lipinski definition) is 0. The molecule has 1 aliphatic heterocycles. The second-order valence-corrected chi connectivity index (χ2v) is 5.05. The molecule has 0 radical (unpaired) electrons. The van der Waals surface area contributed by atoms with E-state index in [0.29, 0.717) is 5.92 Å². The number of rotatable bonds is 5. The normalized spacial score (nSPS) is 27.2. The van der Waals surface area contributed by atoms with E-state index >= 15 is 0 Å². The highest BCUT2D eigenvalue weighted by atomic mass is 79.9. The predicted molar refractivity (Wildman–Crippen MR) is 65.2 cm³/mol. The number of hydrogen-bond acceptors (Lipinski definition) is 2. The highest BCUT2D eigenvalue weighted by Gasteiger charge is 2.22. The zero-order chi connectivity index (χ0) is 10.4. The highest BCUT2D eigenvalue weighted by molar-refractivity contribution is 9.09. The van der Waals surface area contributed by atoms with Gasteiger partial charge in [0.1, 0.15) is 0 Å². The SMILES string of the molecule is C[C@H](CBr)[C@H](CBr)OC1CCCCO1. The van der Waals surface area contributed by atoms with E-state index in [1.807, 2.05) is 0 Å². The van der Waals surface area contributed by atoms with E-state index in [1.165, 1.54) is 12.8 Å². The summed E-state index contributed by atoms with van der Waals surface area (Å²) in [7, 11) is 0. The first-order chi connectivity index (χ1) is 6.77. The number of halogens is 2. The lowest BCUT2D eigenvalue weighted by atomic mass is 10.1. The Labute approximate surface area is 103 Å². The molecule has 1 aliphatic rings. The van der Waals surface area contributed by atoms with Crippen LogP contribution < -0.4 is 0 Å². The average molecular weight is 330 g/mol. The van der Waals surface area contributed by atoms with Gasteiger partial charge in [0.25, 0.3) is 0 Å². The Hall–Kier alpha value is 0.880. The van der Waals surface area contributed by atoms with Gasteiger partial charge in [0.2, 0.25) is 0 Å². The molecule has 14 heavy (non-hydrogen) atoms. The van der Waals surface area contributed by atoms with Crippen molar-refractivity contribution in [2.75, 3.05) is 17.3 Å². The molecular weight excluding hydrogens is 312 g/mol. The van der Waals surface area contributed by atoms with E-state index < -0.39 is 0 Å². The average Bonchev–Trinajstić information content (AvgIpc) is 2.26. The van der Waals surface area contributed by atoms with E-state index in [0.717, 1.165) is 23.7 Å². The molecule has 0 aromatic heterocycles. The van der Waals surface area contributed by atoms with Gasteiger partial charge in [-0.05, 0) is 25.2 Å². The first-order valence-electron chi connectivity index (χ1n) is 5.17. The summed E-state index contributed by atoms with van der Waals surface area (Å²) in [5.41, 5.74) is 0. The lowest BCUT2D eigenvalue weighted by Gasteiger charge is -2.29. The Bertz CT molecular complexity index is 149. The first kappa shape index (κ1) is 12.9. The first-order valence-corrected chi connectivity index (χ1v) is 7.41. The van der Waals surface area contributed by atoms with Crippen molar-refractivity contribution in [1.29, 1.82) is 0 Å². The Balaban J connectivity index is 2.30. The van der Waals surface area contributed by atoms with Crippen molar-refractivity contribution in [3.05, 3.63) is 0 Å². The fourth-order valence-electron chi connectivity index (χ4n) is 1.44. The summed E-state index contributed by atoms with van der Waals surface area (Å²) in [5, 5.41) is 1.84. The summed E-state index contributed by atoms with van der Waals surface area (Å²) in [4.78, 5) is 0. The van der Waals surface area contributed by atoms with Crippen LogP contribution in [0.4, 0.5) is 0 Å². The van der Waals surface area contributed by atoms with E-state index in [2.05, 4.69) is 38.8 Å². The molecule has 0 aromatic rings. The van der Waals surface area contributed by atoms with Crippen molar-refractivity contribution < 1.29 is 9.47 Å². The summed E-state index contributed by atoms with van der Waals surface area (Å²) in [6.45, 7) is 3.03. The van der Waals surface area contributed by atoms with E-state index in [1.54, 1.807) is 0 Å². The minimum atomic E-state index is 0.0211. The molecule has 1 rings (SSSR count). The smallest absolute Gasteiger partial charge is 0.158 e. The quantitative estimate of drug-likeness (QED) is 0.720. The van der Waals surface area contributed by atoms with Crippen LogP contribution >= 0.6 is 31.9 Å². The van der Waals surface area contributed by atoms with E-state index in [9.17, 15) is 0 Å². The van der Waals surface area contributed by atoms with Gasteiger partial charge in [0.05, 0.1) is 6.10 Å². The fraction of sp³-hybridized carbons (Fsp3) is 1.00. The molecule has 0 spiro atoms. The topological polar surface area (TPSA) is 18.5 Å². The lowest BCUT2D eigenvalue weighted by molar-refractivity contribution is -0.190. The fourth-order valence-corrected chi connectivity index (χ4v) is 2.64. The van der Waals surface area contributed by atoms with Crippen LogP contribution in [-0.4, -0.2) is 29.7 Å². The number of ether oxygens (including phenoxy) is 2. The second-order valence-electron chi connectivity index (χ2n) is 3.76. The predicted octanol–water partition coefficient (Wildman–Crippen LogP) is 3.32. The molecule has 0 saturated carbocycles. The Morgan fingerprint density at radius 3 is 2.64 bits per heavy atom. The highest BCUT2D eigenvalue weighted by Crippen LogP contribution is 2.20. The molecule has 1 saturated heterocycles. The van der Waals surface area contributed by atoms with E-state index in [4.69, 9.17) is 9.47 Å². The maximum absolute atomic E-state index is 5.89. The summed E-state index contributed by atoms with van der Waals surface area (Å²) in [5.74, 6) is 0.514. The third-order valence-electron chi connectivity index (χ3n) is 2.49. The summed E-state index contributed by atoms with van der Waals surface area (Å²) < 4.78 is 11.4. The van der Waals surface area contributed by atoms with Gasteiger partial charge in [-0.2, -0.15) is 0 Å². The van der Waals surface area contributed by atoms with Gasteiger partial charge in [-0.15, -0.1) is 0 Å². The Morgan fingerprint density at radius 1 is 1.36 bits per heavy atom. The lowest BCUT2D eigenvalue weighted by Crippen LogP contribution is -2.33. The summed E-state index contributed by atoms with van der Waals surface area (Å²) >= 11 is 6.96. The van der Waals surface area contributed by atoms with Crippen LogP contribution in [0.2, 0.25) is 0 Å². The minimum absolute atomic E-state index is 0.0211. The molecule has 0 aromatic carbocycles. The van der Waals surface area contributed by atoms with Gasteiger partial charge in [-0.25, -0.2) is 0 Å². The third-order valence-corrected chi connectivity index (χ3v) is 4.15. The van der Waals surface area contributed by atoms with Gasteiger partial charge in [-0.1, -0.05) is 38.8 Å². The van der Waals surface area contributed by atoms with Crippen LogP contribution in [0, 0.1) is 5.92 Å². The molecule has 4 heteroatoms. The van der Waals surface area contributed by atoms with Gasteiger partial charge in [0.15, 0.2) is 6.29 Å². The van der Waals surface area contributed by atoms with Crippen LogP contribution in [0.25, 0.3) is 0 Å². The Kier molecular flexibility index (Phi) is 6.66. The molecule has 0 amide bonds. The van der Waals surface area contributed by atoms with Gasteiger partial charge < -0.3 is 9.47 Å². The maximum atomic E-state index is 5.89. The van der Waals surface area contributed by atoms with Crippen LogP contribution in [0.1, 0.15) is 26.2 Å². The summed E-state index contributed by atoms with van der Waals surface area (Å²) in [6, 6.07) is 0. The van der Waals surface area contributed by atoms with Crippen LogP contribution in [0.5, 0.6) is 0 Å². The van der Waals surface area contributed by atoms with Crippen molar-refractivity contribution in [2.45, 2.75) is 38.6 Å². The molecule has 0 N–H and O–H groups in total. The third kappa shape index (κ3) is 4.17. The molecule has 1 fully saturated rings. The molecule has 0 aliphatic carbocycles. The molecule has 1 heterocycles.